The van der Waals surface area contributed by atoms with Gasteiger partial charge in [0, 0.05) is 12.6 Å². The number of halogens is 2. The monoisotopic (exact) mass is 446 g/mol. The number of anilines is 1. The highest BCUT2D eigenvalue weighted by atomic mass is 35.5. The molecule has 0 spiro atoms. The first-order valence-corrected chi connectivity index (χ1v) is 10.9. The van der Waals surface area contributed by atoms with E-state index >= 15 is 0 Å². The highest BCUT2D eigenvalue weighted by molar-refractivity contribution is 7.92. The van der Waals surface area contributed by atoms with Crippen LogP contribution in [0.3, 0.4) is 0 Å². The summed E-state index contributed by atoms with van der Waals surface area (Å²) < 4.78 is 40.6. The van der Waals surface area contributed by atoms with Crippen LogP contribution in [-0.4, -0.2) is 26.3 Å². The zero-order chi connectivity index (χ0) is 21.9. The molecule has 8 heteroatoms. The van der Waals surface area contributed by atoms with Gasteiger partial charge in [-0.1, -0.05) is 41.9 Å². The number of benzene rings is 3. The Hall–Kier alpha value is -2.90. The maximum Gasteiger partial charge on any atom is 0.261 e. The molecule has 1 N–H and O–H groups in total. The van der Waals surface area contributed by atoms with Crippen LogP contribution in [0, 0.1) is 5.82 Å². The highest BCUT2D eigenvalue weighted by Crippen LogP contribution is 2.28. The topological polar surface area (TPSA) is 66.5 Å². The minimum Gasteiger partial charge on any atom is -0.335 e. The summed E-state index contributed by atoms with van der Waals surface area (Å²) in [5.74, 6) is -0.833. The fourth-order valence-electron chi connectivity index (χ4n) is 2.89. The SMILES string of the molecule is C[C@H](c1ccccc1)N(C)C(=O)c1ccc(Cl)c(NS(=O)(=O)c2ccc(F)cc2)c1. The first kappa shape index (κ1) is 21.8. The van der Waals surface area contributed by atoms with Gasteiger partial charge in [-0.3, -0.25) is 9.52 Å². The summed E-state index contributed by atoms with van der Waals surface area (Å²) >= 11 is 6.15. The van der Waals surface area contributed by atoms with E-state index in [1.165, 1.54) is 18.2 Å². The minimum atomic E-state index is -4.00. The quantitative estimate of drug-likeness (QED) is 0.572. The summed E-state index contributed by atoms with van der Waals surface area (Å²) in [6.45, 7) is 1.90. The fourth-order valence-corrected chi connectivity index (χ4v) is 4.18. The average Bonchev–Trinajstić information content (AvgIpc) is 2.74. The number of carbonyl (C=O) groups excluding carboxylic acids is 1. The molecule has 1 atom stereocenters. The Morgan fingerprint density at radius 3 is 2.30 bits per heavy atom. The molecule has 0 unspecified atom stereocenters. The van der Waals surface area contributed by atoms with Crippen LogP contribution in [0.5, 0.6) is 0 Å². The molecule has 1 amide bonds. The van der Waals surface area contributed by atoms with Gasteiger partial charge in [-0.05, 0) is 55.0 Å². The molecule has 5 nitrogen and oxygen atoms in total. The first-order valence-electron chi connectivity index (χ1n) is 9.09. The van der Waals surface area contributed by atoms with Crippen molar-refractivity contribution in [2.45, 2.75) is 17.9 Å². The van der Waals surface area contributed by atoms with Crippen LogP contribution in [0.4, 0.5) is 10.1 Å². The summed E-state index contributed by atoms with van der Waals surface area (Å²) in [6, 6.07) is 18.1. The van der Waals surface area contributed by atoms with Gasteiger partial charge in [0.2, 0.25) is 0 Å². The Balaban J connectivity index is 1.85. The van der Waals surface area contributed by atoms with Crippen LogP contribution >= 0.6 is 11.6 Å². The highest BCUT2D eigenvalue weighted by Gasteiger charge is 2.21. The molecule has 0 heterocycles. The summed E-state index contributed by atoms with van der Waals surface area (Å²) in [6.07, 6.45) is 0. The van der Waals surface area contributed by atoms with E-state index in [1.54, 1.807) is 11.9 Å². The third kappa shape index (κ3) is 4.80. The molecule has 0 radical (unpaired) electrons. The normalized spacial score (nSPS) is 12.3. The van der Waals surface area contributed by atoms with Crippen LogP contribution in [0.25, 0.3) is 0 Å². The lowest BCUT2D eigenvalue weighted by Gasteiger charge is -2.25. The molecule has 3 aromatic rings. The predicted octanol–water partition coefficient (Wildman–Crippen LogP) is 5.11. The second-order valence-corrected chi connectivity index (χ2v) is 8.85. The second-order valence-electron chi connectivity index (χ2n) is 6.76. The van der Waals surface area contributed by atoms with E-state index in [2.05, 4.69) is 4.72 Å². The van der Waals surface area contributed by atoms with Crippen LogP contribution in [0.1, 0.15) is 28.9 Å². The number of amides is 1. The second kappa shape index (κ2) is 8.85. The van der Waals surface area contributed by atoms with E-state index in [9.17, 15) is 17.6 Å². The largest absolute Gasteiger partial charge is 0.335 e. The lowest BCUT2D eigenvalue weighted by molar-refractivity contribution is 0.0742. The predicted molar refractivity (Wildman–Crippen MR) is 116 cm³/mol. The molecule has 0 aliphatic carbocycles. The molecular weight excluding hydrogens is 427 g/mol. The van der Waals surface area contributed by atoms with Gasteiger partial charge in [0.1, 0.15) is 5.82 Å². The van der Waals surface area contributed by atoms with Crippen LogP contribution in [0.15, 0.2) is 77.7 Å². The number of hydrogen-bond donors (Lipinski definition) is 1. The van der Waals surface area contributed by atoms with Crippen molar-refractivity contribution in [3.05, 3.63) is 94.8 Å². The van der Waals surface area contributed by atoms with E-state index < -0.39 is 15.8 Å². The van der Waals surface area contributed by atoms with Crippen LogP contribution in [-0.2, 0) is 10.0 Å². The smallest absolute Gasteiger partial charge is 0.261 e. The Bertz CT molecular complexity index is 1150. The van der Waals surface area contributed by atoms with Crippen molar-refractivity contribution in [2.75, 3.05) is 11.8 Å². The number of nitrogens with one attached hydrogen (secondary N) is 1. The molecule has 30 heavy (non-hydrogen) atoms. The third-order valence-corrected chi connectivity index (χ3v) is 6.48. The number of hydrogen-bond acceptors (Lipinski definition) is 3. The zero-order valence-electron chi connectivity index (χ0n) is 16.3. The molecular formula is C22H20ClFN2O3S. The molecule has 3 aromatic carbocycles. The molecule has 3 rings (SSSR count). The minimum absolute atomic E-state index is 0.0626. The van der Waals surface area contributed by atoms with Crippen molar-refractivity contribution in [2.24, 2.45) is 0 Å². The number of carbonyl (C=O) groups is 1. The summed E-state index contributed by atoms with van der Waals surface area (Å²) in [7, 11) is -2.32. The van der Waals surface area contributed by atoms with E-state index in [0.29, 0.717) is 0 Å². The van der Waals surface area contributed by atoms with Gasteiger partial charge in [-0.25, -0.2) is 12.8 Å². The standard InChI is InChI=1S/C22H20ClFN2O3S/c1-15(16-6-4-3-5-7-16)26(2)22(27)17-8-13-20(23)21(14-17)25-30(28,29)19-11-9-18(24)10-12-19/h3-15,25H,1-2H3/t15-/m1/s1. The molecule has 156 valence electrons. The van der Waals surface area contributed by atoms with E-state index in [0.717, 1.165) is 29.8 Å². The van der Waals surface area contributed by atoms with Gasteiger partial charge in [-0.2, -0.15) is 0 Å². The fraction of sp³-hybridized carbons (Fsp3) is 0.136. The number of nitrogens with zero attached hydrogens (tertiary/aromatic N) is 1. The van der Waals surface area contributed by atoms with Gasteiger partial charge >= 0.3 is 0 Å². The molecule has 0 saturated heterocycles. The molecule has 0 aliphatic rings. The molecule has 0 bridgehead atoms. The first-order chi connectivity index (χ1) is 14.2. The molecule has 0 aromatic heterocycles. The van der Waals surface area contributed by atoms with Crippen molar-refractivity contribution < 1.29 is 17.6 Å². The average molecular weight is 447 g/mol. The van der Waals surface area contributed by atoms with Crippen LogP contribution < -0.4 is 4.72 Å². The Morgan fingerprint density at radius 1 is 1.03 bits per heavy atom. The van der Waals surface area contributed by atoms with Crippen molar-refractivity contribution >= 4 is 33.2 Å². The summed E-state index contributed by atoms with van der Waals surface area (Å²) in [5, 5.41) is 0.135. The Labute approximate surface area is 180 Å². The van der Waals surface area contributed by atoms with E-state index in [4.69, 9.17) is 11.6 Å². The zero-order valence-corrected chi connectivity index (χ0v) is 17.9. The van der Waals surface area contributed by atoms with E-state index in [-0.39, 0.29) is 33.1 Å². The van der Waals surface area contributed by atoms with Gasteiger partial charge in [0.15, 0.2) is 0 Å². The van der Waals surface area contributed by atoms with E-state index in [1.807, 2.05) is 37.3 Å². The third-order valence-electron chi connectivity index (χ3n) is 4.76. The lowest BCUT2D eigenvalue weighted by Crippen LogP contribution is -2.29. The van der Waals surface area contributed by atoms with Crippen LogP contribution in [0.2, 0.25) is 5.02 Å². The van der Waals surface area contributed by atoms with Gasteiger partial charge < -0.3 is 4.90 Å². The molecule has 0 saturated carbocycles. The Kier molecular flexibility index (Phi) is 6.43. The number of sulfonamides is 1. The Morgan fingerprint density at radius 2 is 1.67 bits per heavy atom. The summed E-state index contributed by atoms with van der Waals surface area (Å²) in [4.78, 5) is 14.4. The summed E-state index contributed by atoms with van der Waals surface area (Å²) in [5.41, 5.74) is 1.31. The lowest BCUT2D eigenvalue weighted by atomic mass is 10.1. The van der Waals surface area contributed by atoms with Crippen molar-refractivity contribution in [3.8, 4) is 0 Å². The maximum absolute atomic E-state index is 13.1. The molecule has 0 fully saturated rings. The van der Waals surface area contributed by atoms with Crippen molar-refractivity contribution in [3.63, 3.8) is 0 Å². The molecule has 0 aliphatic heterocycles. The number of rotatable bonds is 6. The van der Waals surface area contributed by atoms with Crippen molar-refractivity contribution in [1.82, 2.24) is 4.90 Å². The van der Waals surface area contributed by atoms with Gasteiger partial charge in [-0.15, -0.1) is 0 Å². The van der Waals surface area contributed by atoms with Gasteiger partial charge in [0.25, 0.3) is 15.9 Å². The maximum atomic E-state index is 13.1. The van der Waals surface area contributed by atoms with Crippen molar-refractivity contribution in [1.29, 1.82) is 0 Å². The van der Waals surface area contributed by atoms with Gasteiger partial charge in [0.05, 0.1) is 21.6 Å².